The Hall–Kier alpha value is -3.44. The van der Waals surface area contributed by atoms with Crippen LogP contribution in [0.5, 0.6) is 0 Å². The van der Waals surface area contributed by atoms with Gasteiger partial charge in [0.1, 0.15) is 0 Å². The maximum Gasteiger partial charge on any atom is 0.274 e. The maximum atomic E-state index is 12.9. The number of carbonyl (C=O) groups is 1. The molecule has 6 heteroatoms. The molecule has 4 aromatic rings. The van der Waals surface area contributed by atoms with Gasteiger partial charge in [-0.25, -0.2) is 4.68 Å². The van der Waals surface area contributed by atoms with E-state index in [2.05, 4.69) is 10.4 Å². The number of rotatable bonds is 6. The number of amides is 1. The lowest BCUT2D eigenvalue weighted by molar-refractivity contribution is -0.121. The Balaban J connectivity index is 1.58. The Morgan fingerprint density at radius 2 is 1.57 bits per heavy atom. The van der Waals surface area contributed by atoms with Crippen molar-refractivity contribution >= 4 is 28.3 Å². The number of hydrogen-bond acceptors (Lipinski definition) is 3. The van der Waals surface area contributed by atoms with Crippen LogP contribution in [0, 0.1) is 0 Å². The predicted octanol–water partition coefficient (Wildman–Crippen LogP) is 4.42. The van der Waals surface area contributed by atoms with E-state index in [4.69, 9.17) is 11.6 Å². The van der Waals surface area contributed by atoms with Gasteiger partial charge in [-0.1, -0.05) is 72.3 Å². The van der Waals surface area contributed by atoms with Crippen LogP contribution in [-0.4, -0.2) is 15.7 Å². The standard InChI is InChI=1S/C24H20ClN3O2/c25-19-12-10-18(11-13-19)23-20-8-4-5-9-21(20)24(30)28(27-23)15-14-22(29)26-16-17-6-2-1-3-7-17/h1-13H,14-16H2,(H,26,29). The minimum Gasteiger partial charge on any atom is -0.352 e. The number of carbonyl (C=O) groups excluding carboxylic acids is 1. The molecule has 1 N–H and O–H groups in total. The SMILES string of the molecule is O=C(CCn1nc(-c2ccc(Cl)cc2)c2ccccc2c1=O)NCc1ccccc1. The number of aryl methyl sites for hydroxylation is 1. The van der Waals surface area contributed by atoms with Crippen molar-refractivity contribution in [1.29, 1.82) is 0 Å². The van der Waals surface area contributed by atoms with E-state index in [0.717, 1.165) is 16.5 Å². The van der Waals surface area contributed by atoms with Crippen LogP contribution in [0.15, 0.2) is 83.7 Å². The Morgan fingerprint density at radius 3 is 2.30 bits per heavy atom. The third-order valence-electron chi connectivity index (χ3n) is 4.87. The minimum atomic E-state index is -0.209. The molecule has 1 aromatic heterocycles. The molecule has 1 heterocycles. The van der Waals surface area contributed by atoms with E-state index in [1.807, 2.05) is 60.7 Å². The zero-order valence-corrected chi connectivity index (χ0v) is 17.0. The second kappa shape index (κ2) is 8.93. The van der Waals surface area contributed by atoms with Crippen LogP contribution in [0.2, 0.25) is 5.02 Å². The summed E-state index contributed by atoms with van der Waals surface area (Å²) in [5.41, 5.74) is 2.36. The second-order valence-electron chi connectivity index (χ2n) is 6.94. The second-order valence-corrected chi connectivity index (χ2v) is 7.38. The van der Waals surface area contributed by atoms with Crippen LogP contribution in [0.25, 0.3) is 22.0 Å². The molecule has 1 amide bonds. The summed E-state index contributed by atoms with van der Waals surface area (Å²) in [5, 5.41) is 9.43. The third-order valence-corrected chi connectivity index (χ3v) is 5.12. The lowest BCUT2D eigenvalue weighted by Crippen LogP contribution is -2.29. The highest BCUT2D eigenvalue weighted by atomic mass is 35.5. The first-order valence-electron chi connectivity index (χ1n) is 9.68. The Bertz CT molecular complexity index is 1240. The monoisotopic (exact) mass is 417 g/mol. The van der Waals surface area contributed by atoms with E-state index in [9.17, 15) is 9.59 Å². The van der Waals surface area contributed by atoms with Crippen molar-refractivity contribution in [3.8, 4) is 11.3 Å². The Kier molecular flexibility index (Phi) is 5.91. The first kappa shape index (κ1) is 19.9. The molecule has 0 unspecified atom stereocenters. The number of hydrogen-bond donors (Lipinski definition) is 1. The molecule has 0 aliphatic heterocycles. The molecule has 150 valence electrons. The molecule has 0 saturated heterocycles. The molecular formula is C24H20ClN3O2. The summed E-state index contributed by atoms with van der Waals surface area (Å²) in [7, 11) is 0. The highest BCUT2D eigenvalue weighted by Crippen LogP contribution is 2.25. The molecule has 0 spiro atoms. The molecule has 4 rings (SSSR count). The smallest absolute Gasteiger partial charge is 0.274 e. The van der Waals surface area contributed by atoms with Gasteiger partial charge in [-0.2, -0.15) is 5.10 Å². The predicted molar refractivity (Wildman–Crippen MR) is 119 cm³/mol. The lowest BCUT2D eigenvalue weighted by Gasteiger charge is -2.11. The molecule has 3 aromatic carbocycles. The van der Waals surface area contributed by atoms with Gasteiger partial charge in [0.2, 0.25) is 5.91 Å². The molecule has 0 aliphatic rings. The fourth-order valence-corrected chi connectivity index (χ4v) is 3.43. The molecule has 0 bridgehead atoms. The summed E-state index contributed by atoms with van der Waals surface area (Å²) in [4.78, 5) is 25.2. The van der Waals surface area contributed by atoms with Crippen LogP contribution in [0.3, 0.4) is 0 Å². The average molecular weight is 418 g/mol. The van der Waals surface area contributed by atoms with Crippen molar-refractivity contribution < 1.29 is 4.79 Å². The summed E-state index contributed by atoms with van der Waals surface area (Å²) >= 11 is 6.01. The average Bonchev–Trinajstić information content (AvgIpc) is 2.79. The number of fused-ring (bicyclic) bond motifs is 1. The normalized spacial score (nSPS) is 10.8. The van der Waals surface area contributed by atoms with Gasteiger partial charge >= 0.3 is 0 Å². The Labute approximate surface area is 178 Å². The van der Waals surface area contributed by atoms with Gasteiger partial charge in [-0.05, 0) is 23.8 Å². The summed E-state index contributed by atoms with van der Waals surface area (Å²) in [6.07, 6.45) is 0.165. The van der Waals surface area contributed by atoms with E-state index in [-0.39, 0.29) is 24.4 Å². The summed E-state index contributed by atoms with van der Waals surface area (Å²) in [6.45, 7) is 0.653. The lowest BCUT2D eigenvalue weighted by atomic mass is 10.1. The van der Waals surface area contributed by atoms with E-state index in [1.54, 1.807) is 18.2 Å². The van der Waals surface area contributed by atoms with E-state index >= 15 is 0 Å². The zero-order valence-electron chi connectivity index (χ0n) is 16.2. The summed E-state index contributed by atoms with van der Waals surface area (Å²) in [6, 6.07) is 24.4. The quantitative estimate of drug-likeness (QED) is 0.505. The number of nitrogens with zero attached hydrogens (tertiary/aromatic N) is 2. The highest BCUT2D eigenvalue weighted by molar-refractivity contribution is 6.30. The molecule has 0 saturated carbocycles. The number of aromatic nitrogens is 2. The first-order valence-corrected chi connectivity index (χ1v) is 10.1. The maximum absolute atomic E-state index is 12.9. The molecule has 5 nitrogen and oxygen atoms in total. The van der Waals surface area contributed by atoms with Crippen LogP contribution < -0.4 is 10.9 Å². The molecular weight excluding hydrogens is 398 g/mol. The van der Waals surface area contributed by atoms with Crippen molar-refractivity contribution in [3.63, 3.8) is 0 Å². The van der Waals surface area contributed by atoms with Crippen LogP contribution in [-0.2, 0) is 17.9 Å². The highest BCUT2D eigenvalue weighted by Gasteiger charge is 2.13. The van der Waals surface area contributed by atoms with Gasteiger partial charge < -0.3 is 5.32 Å². The first-order chi connectivity index (χ1) is 14.6. The fourth-order valence-electron chi connectivity index (χ4n) is 3.30. The van der Waals surface area contributed by atoms with Crippen molar-refractivity contribution in [1.82, 2.24) is 15.1 Å². The summed E-state index contributed by atoms with van der Waals surface area (Å²) in [5.74, 6) is -0.131. The van der Waals surface area contributed by atoms with E-state index < -0.39 is 0 Å². The van der Waals surface area contributed by atoms with E-state index in [1.165, 1.54) is 4.68 Å². The van der Waals surface area contributed by atoms with Crippen molar-refractivity contribution in [2.75, 3.05) is 0 Å². The van der Waals surface area contributed by atoms with Crippen LogP contribution >= 0.6 is 11.6 Å². The van der Waals surface area contributed by atoms with Crippen molar-refractivity contribution in [3.05, 3.63) is 99.8 Å². The van der Waals surface area contributed by atoms with Crippen LogP contribution in [0.1, 0.15) is 12.0 Å². The Morgan fingerprint density at radius 1 is 0.900 bits per heavy atom. The van der Waals surface area contributed by atoms with Gasteiger partial charge in [0.05, 0.1) is 17.6 Å². The summed E-state index contributed by atoms with van der Waals surface area (Å²) < 4.78 is 1.37. The number of halogens is 1. The van der Waals surface area contributed by atoms with Crippen molar-refractivity contribution in [2.45, 2.75) is 19.5 Å². The van der Waals surface area contributed by atoms with Crippen LogP contribution in [0.4, 0.5) is 0 Å². The molecule has 0 fully saturated rings. The molecule has 30 heavy (non-hydrogen) atoms. The number of nitrogens with one attached hydrogen (secondary N) is 1. The molecule has 0 aliphatic carbocycles. The van der Waals surface area contributed by atoms with Gasteiger partial charge in [0.25, 0.3) is 5.56 Å². The van der Waals surface area contributed by atoms with Gasteiger partial charge in [0, 0.05) is 28.9 Å². The fraction of sp³-hybridized carbons (Fsp3) is 0.125. The largest absolute Gasteiger partial charge is 0.352 e. The topological polar surface area (TPSA) is 64.0 Å². The van der Waals surface area contributed by atoms with Gasteiger partial charge in [-0.3, -0.25) is 9.59 Å². The molecule has 0 atom stereocenters. The third kappa shape index (κ3) is 4.42. The van der Waals surface area contributed by atoms with Crippen molar-refractivity contribution in [2.24, 2.45) is 0 Å². The zero-order chi connectivity index (χ0) is 20.9. The van der Waals surface area contributed by atoms with Gasteiger partial charge in [0.15, 0.2) is 0 Å². The van der Waals surface area contributed by atoms with E-state index in [0.29, 0.717) is 22.6 Å². The molecule has 0 radical (unpaired) electrons. The minimum absolute atomic E-state index is 0.131. The van der Waals surface area contributed by atoms with Gasteiger partial charge in [-0.15, -0.1) is 0 Å². The number of benzene rings is 3.